The molecular formula is C38H54N6O7. The first-order valence-electron chi connectivity index (χ1n) is 17.6. The Kier molecular flexibility index (Phi) is 16.6. The smallest absolute Gasteiger partial charge is 0.328 e. The number of hydrogen-bond donors (Lipinski definition) is 3. The van der Waals surface area contributed by atoms with Crippen molar-refractivity contribution in [1.82, 2.24) is 15.1 Å². The van der Waals surface area contributed by atoms with Crippen molar-refractivity contribution in [2.45, 2.75) is 77.0 Å². The van der Waals surface area contributed by atoms with Gasteiger partial charge in [0.25, 0.3) is 0 Å². The monoisotopic (exact) mass is 706 g/mol. The molecule has 278 valence electrons. The van der Waals surface area contributed by atoms with E-state index >= 15 is 0 Å². The molecule has 2 heterocycles. The van der Waals surface area contributed by atoms with E-state index in [2.05, 4.69) is 5.32 Å². The van der Waals surface area contributed by atoms with Crippen LogP contribution in [0.2, 0.25) is 0 Å². The van der Waals surface area contributed by atoms with Crippen LogP contribution in [-0.4, -0.2) is 104 Å². The summed E-state index contributed by atoms with van der Waals surface area (Å²) >= 11 is 0. The highest BCUT2D eigenvalue weighted by Crippen LogP contribution is 2.22. The Labute approximate surface area is 301 Å². The number of nitrogens with two attached hydrogens (primary N) is 2. The van der Waals surface area contributed by atoms with Crippen LogP contribution >= 0.6 is 0 Å². The Morgan fingerprint density at radius 2 is 1.61 bits per heavy atom. The highest BCUT2D eigenvalue weighted by molar-refractivity contribution is 6.00. The van der Waals surface area contributed by atoms with Gasteiger partial charge in [-0.15, -0.1) is 0 Å². The van der Waals surface area contributed by atoms with Gasteiger partial charge in [-0.1, -0.05) is 68.5 Å². The van der Waals surface area contributed by atoms with Crippen molar-refractivity contribution in [3.8, 4) is 0 Å². The summed E-state index contributed by atoms with van der Waals surface area (Å²) in [6, 6.07) is 16.6. The maximum Gasteiger partial charge on any atom is 0.328 e. The molecular weight excluding hydrogens is 652 g/mol. The maximum absolute atomic E-state index is 13.4. The molecule has 0 saturated carbocycles. The third-order valence-electron chi connectivity index (χ3n) is 8.75. The molecule has 0 spiro atoms. The normalized spacial score (nSPS) is 17.6. The van der Waals surface area contributed by atoms with Crippen molar-refractivity contribution in [2.75, 3.05) is 44.9 Å². The largest absolute Gasteiger partial charge is 0.467 e. The minimum Gasteiger partial charge on any atom is -0.467 e. The molecule has 13 nitrogen and oxygen atoms in total. The van der Waals surface area contributed by atoms with Gasteiger partial charge in [0.15, 0.2) is 0 Å². The number of primary amides is 1. The predicted molar refractivity (Wildman–Crippen MR) is 195 cm³/mol. The van der Waals surface area contributed by atoms with Crippen LogP contribution in [0.15, 0.2) is 72.8 Å². The summed E-state index contributed by atoms with van der Waals surface area (Å²) in [7, 11) is 1.34. The minimum absolute atomic E-state index is 0.133. The predicted octanol–water partition coefficient (Wildman–Crippen LogP) is 3.02. The van der Waals surface area contributed by atoms with E-state index in [1.807, 2.05) is 74.5 Å². The zero-order valence-electron chi connectivity index (χ0n) is 30.2. The van der Waals surface area contributed by atoms with Crippen molar-refractivity contribution < 1.29 is 33.4 Å². The average molecular weight is 707 g/mol. The van der Waals surface area contributed by atoms with Crippen molar-refractivity contribution in [3.05, 3.63) is 78.4 Å². The van der Waals surface area contributed by atoms with Gasteiger partial charge in [-0.05, 0) is 62.6 Å². The second kappa shape index (κ2) is 20.8. The highest BCUT2D eigenvalue weighted by atomic mass is 16.5. The number of esters is 1. The summed E-state index contributed by atoms with van der Waals surface area (Å²) in [5.41, 5.74) is 12.9. The number of hydrogen-bond acceptors (Lipinski definition) is 8. The summed E-state index contributed by atoms with van der Waals surface area (Å²) in [6.07, 6.45) is 6.30. The fraction of sp³-hybridized carbons (Fsp3) is 0.500. The first kappa shape index (κ1) is 40.7. The number of nitrogens with one attached hydrogen (secondary N) is 1. The minimum atomic E-state index is -0.779. The van der Waals surface area contributed by atoms with Gasteiger partial charge >= 0.3 is 12.0 Å². The van der Waals surface area contributed by atoms with Crippen LogP contribution in [0, 0.1) is 5.92 Å². The van der Waals surface area contributed by atoms with Crippen LogP contribution in [0.1, 0.15) is 52.0 Å². The molecule has 0 aromatic heterocycles. The second-order valence-corrected chi connectivity index (χ2v) is 13.1. The van der Waals surface area contributed by atoms with Crippen molar-refractivity contribution in [3.63, 3.8) is 0 Å². The molecule has 2 aromatic rings. The number of ether oxygens (including phenoxy) is 2. The number of nitrogens with zero attached hydrogens (tertiary/aromatic N) is 3. The summed E-state index contributed by atoms with van der Waals surface area (Å²) in [6.45, 7) is 8.22. The van der Waals surface area contributed by atoms with E-state index in [4.69, 9.17) is 20.9 Å². The van der Waals surface area contributed by atoms with Crippen molar-refractivity contribution in [2.24, 2.45) is 17.4 Å². The number of anilines is 1. The second-order valence-electron chi connectivity index (χ2n) is 13.1. The molecule has 2 aliphatic rings. The summed E-state index contributed by atoms with van der Waals surface area (Å²) in [4.78, 5) is 66.4. The zero-order valence-corrected chi connectivity index (χ0v) is 30.2. The van der Waals surface area contributed by atoms with Crippen LogP contribution in [-0.2, 0) is 35.1 Å². The third kappa shape index (κ3) is 12.8. The van der Waals surface area contributed by atoms with E-state index in [1.54, 1.807) is 22.8 Å². The van der Waals surface area contributed by atoms with Gasteiger partial charge in [-0.25, -0.2) is 9.59 Å². The lowest BCUT2D eigenvalue weighted by Crippen LogP contribution is -2.56. The van der Waals surface area contributed by atoms with E-state index in [9.17, 15) is 24.0 Å². The third-order valence-corrected chi connectivity index (χ3v) is 8.75. The van der Waals surface area contributed by atoms with Crippen LogP contribution in [0.25, 0.3) is 0 Å². The van der Waals surface area contributed by atoms with E-state index in [0.29, 0.717) is 70.1 Å². The molecule has 13 heteroatoms. The topological polar surface area (TPSA) is 178 Å². The molecule has 4 rings (SSSR count). The van der Waals surface area contributed by atoms with Gasteiger partial charge in [0, 0.05) is 37.4 Å². The lowest BCUT2D eigenvalue weighted by molar-refractivity contribution is -0.151. The fourth-order valence-electron chi connectivity index (χ4n) is 6.04. The molecule has 0 unspecified atom stereocenters. The molecule has 5 amide bonds. The van der Waals surface area contributed by atoms with E-state index < -0.39 is 30.1 Å². The standard InChI is InChI=1S/C26H32N4O4.C12H22N2O3/c1-20(30(23-10-6-3-7-11-23)26(33)29-16-18-34-19-17-29)25(32)28-22(14-15-24(27)31)13-12-21-8-4-2-5-9-21;1-8(2)7-9(13)11(15)14-6-4-5-10(14)12(16)17-3/h2-11,14-15,20,22H,12-13,16-19H2,1H3,(H2,27,31)(H,28,32);8-10H,4-7,13H2,1-3H3/b15-14+;/t20-,22-;9-,10-/m00/s1. The van der Waals surface area contributed by atoms with Crippen LogP contribution < -0.4 is 21.7 Å². The highest BCUT2D eigenvalue weighted by Gasteiger charge is 2.37. The number of benzene rings is 2. The number of rotatable bonds is 13. The fourth-order valence-corrected chi connectivity index (χ4v) is 6.04. The number of morpholine rings is 1. The van der Waals surface area contributed by atoms with Crippen LogP contribution in [0.3, 0.4) is 0 Å². The first-order valence-corrected chi connectivity index (χ1v) is 17.6. The average Bonchev–Trinajstić information content (AvgIpc) is 3.63. The van der Waals surface area contributed by atoms with Crippen LogP contribution in [0.5, 0.6) is 0 Å². The van der Waals surface area contributed by atoms with E-state index in [1.165, 1.54) is 18.1 Å². The Hall–Kier alpha value is -4.75. The van der Waals surface area contributed by atoms with Gasteiger partial charge in [-0.2, -0.15) is 0 Å². The van der Waals surface area contributed by atoms with Crippen molar-refractivity contribution >= 4 is 35.4 Å². The first-order chi connectivity index (χ1) is 24.4. The molecule has 51 heavy (non-hydrogen) atoms. The SMILES string of the molecule is COC(=O)[C@@H]1CCCN1C(=O)[C@@H](N)CC(C)C.C[C@@H](C(=O)N[C@H](/C=C/C(N)=O)CCc1ccccc1)N(C(=O)N1CCOCC1)c1ccccc1. The molecule has 5 N–H and O–H groups in total. The summed E-state index contributed by atoms with van der Waals surface area (Å²) in [5, 5.41) is 2.98. The molecule has 2 aromatic carbocycles. The number of methoxy groups -OCH3 is 1. The quantitative estimate of drug-likeness (QED) is 0.210. The van der Waals surface area contributed by atoms with Gasteiger partial charge in [0.1, 0.15) is 12.1 Å². The van der Waals surface area contributed by atoms with Gasteiger partial charge in [0.05, 0.1) is 26.4 Å². The number of carbonyl (C=O) groups is 5. The Balaban J connectivity index is 0.000000347. The van der Waals surface area contributed by atoms with E-state index in [0.717, 1.165) is 12.0 Å². The zero-order chi connectivity index (χ0) is 37.3. The number of amides is 5. The maximum atomic E-state index is 13.4. The number of carbonyl (C=O) groups excluding carboxylic acids is 5. The molecule has 2 aliphatic heterocycles. The van der Waals surface area contributed by atoms with Crippen LogP contribution in [0.4, 0.5) is 10.5 Å². The van der Waals surface area contributed by atoms with Crippen molar-refractivity contribution in [1.29, 1.82) is 0 Å². The number of para-hydroxylation sites is 1. The number of likely N-dealkylation sites (tertiary alicyclic amines) is 1. The lowest BCUT2D eigenvalue weighted by Gasteiger charge is -2.36. The molecule has 4 atom stereocenters. The number of aryl methyl sites for hydroxylation is 1. The number of urea groups is 1. The Bertz CT molecular complexity index is 1450. The van der Waals surface area contributed by atoms with E-state index in [-0.39, 0.29) is 23.8 Å². The Morgan fingerprint density at radius 3 is 2.20 bits per heavy atom. The molecule has 2 saturated heterocycles. The molecule has 0 radical (unpaired) electrons. The lowest BCUT2D eigenvalue weighted by atomic mass is 10.0. The summed E-state index contributed by atoms with van der Waals surface area (Å²) < 4.78 is 10.1. The van der Waals surface area contributed by atoms with Gasteiger partial charge < -0.3 is 36.1 Å². The molecule has 0 bridgehead atoms. The molecule has 2 fully saturated rings. The molecule has 0 aliphatic carbocycles. The summed E-state index contributed by atoms with van der Waals surface area (Å²) in [5.74, 6) is -1.01. The van der Waals surface area contributed by atoms with Gasteiger partial charge in [0.2, 0.25) is 17.7 Å². The Morgan fingerprint density at radius 1 is 0.980 bits per heavy atom. The van der Waals surface area contributed by atoms with Gasteiger partial charge in [-0.3, -0.25) is 19.3 Å².